The van der Waals surface area contributed by atoms with E-state index in [1.807, 2.05) is 30.3 Å². The van der Waals surface area contributed by atoms with Crippen LogP contribution in [0.25, 0.3) is 11.3 Å². The molecule has 158 valence electrons. The van der Waals surface area contributed by atoms with Gasteiger partial charge in [0.1, 0.15) is 0 Å². The summed E-state index contributed by atoms with van der Waals surface area (Å²) in [6.07, 6.45) is -4.27. The van der Waals surface area contributed by atoms with Gasteiger partial charge in [-0.05, 0) is 36.8 Å². The van der Waals surface area contributed by atoms with Crippen LogP contribution in [0.1, 0.15) is 12.0 Å². The molecule has 0 spiro atoms. The summed E-state index contributed by atoms with van der Waals surface area (Å²) in [5.74, 6) is 0. The Morgan fingerprint density at radius 2 is 1.60 bits per heavy atom. The lowest BCUT2D eigenvalue weighted by Crippen LogP contribution is -2.28. The zero-order chi connectivity index (χ0) is 21.8. The molecule has 0 aliphatic rings. The first-order valence-electron chi connectivity index (χ1n) is 8.97. The number of hydrogen-bond acceptors (Lipinski definition) is 4. The molecule has 0 saturated carbocycles. The van der Waals surface area contributed by atoms with Gasteiger partial charge in [0.2, 0.25) is 10.0 Å². The van der Waals surface area contributed by atoms with E-state index in [2.05, 4.69) is 9.82 Å². The van der Waals surface area contributed by atoms with E-state index in [0.717, 1.165) is 17.7 Å². The third-order valence-electron chi connectivity index (χ3n) is 4.27. The molecular formula is C20H18F3N3O3S. The molecule has 0 fully saturated rings. The standard InChI is InChI=1S/C20H18F3N3O3S/c21-20(22,23)16-7-9-17(10-8-16)30(28,29)24-13-4-14-26-19(27)12-11-18(25-26)15-5-2-1-3-6-15/h1-3,5-12,24H,4,13-14H2. The minimum atomic E-state index is -4.54. The lowest BCUT2D eigenvalue weighted by atomic mass is 10.1. The fourth-order valence-electron chi connectivity index (χ4n) is 2.71. The van der Waals surface area contributed by atoms with Crippen LogP contribution in [0.4, 0.5) is 13.2 Å². The lowest BCUT2D eigenvalue weighted by molar-refractivity contribution is -0.137. The summed E-state index contributed by atoms with van der Waals surface area (Å²) in [7, 11) is -3.96. The molecule has 0 saturated heterocycles. The van der Waals surface area contributed by atoms with E-state index in [0.29, 0.717) is 17.8 Å². The molecular weight excluding hydrogens is 419 g/mol. The van der Waals surface area contributed by atoms with E-state index in [9.17, 15) is 26.4 Å². The number of benzene rings is 2. The maximum absolute atomic E-state index is 12.6. The van der Waals surface area contributed by atoms with Gasteiger partial charge < -0.3 is 0 Å². The largest absolute Gasteiger partial charge is 0.416 e. The van der Waals surface area contributed by atoms with Crippen LogP contribution in [-0.4, -0.2) is 24.7 Å². The van der Waals surface area contributed by atoms with Crippen molar-refractivity contribution in [2.75, 3.05) is 6.54 Å². The minimum Gasteiger partial charge on any atom is -0.268 e. The van der Waals surface area contributed by atoms with E-state index in [-0.39, 0.29) is 30.0 Å². The van der Waals surface area contributed by atoms with Crippen LogP contribution in [0.3, 0.4) is 0 Å². The van der Waals surface area contributed by atoms with Gasteiger partial charge in [0.15, 0.2) is 0 Å². The Morgan fingerprint density at radius 1 is 0.933 bits per heavy atom. The second-order valence-electron chi connectivity index (χ2n) is 6.42. The average molecular weight is 437 g/mol. The molecule has 10 heteroatoms. The van der Waals surface area contributed by atoms with Crippen LogP contribution in [0.5, 0.6) is 0 Å². The number of aromatic nitrogens is 2. The molecule has 2 aromatic carbocycles. The molecule has 0 aliphatic heterocycles. The Bertz CT molecular complexity index is 1160. The van der Waals surface area contributed by atoms with E-state index >= 15 is 0 Å². The van der Waals surface area contributed by atoms with Crippen LogP contribution in [0.2, 0.25) is 0 Å². The van der Waals surface area contributed by atoms with Crippen LogP contribution in [-0.2, 0) is 22.7 Å². The number of halogens is 3. The number of hydrogen-bond donors (Lipinski definition) is 1. The molecule has 0 atom stereocenters. The second-order valence-corrected chi connectivity index (χ2v) is 8.19. The molecule has 0 aliphatic carbocycles. The second kappa shape index (κ2) is 8.80. The van der Waals surface area contributed by atoms with Gasteiger partial charge in [0, 0.05) is 24.7 Å². The van der Waals surface area contributed by atoms with Crippen LogP contribution in [0.15, 0.2) is 76.4 Å². The molecule has 6 nitrogen and oxygen atoms in total. The number of aryl methyl sites for hydroxylation is 1. The van der Waals surface area contributed by atoms with Gasteiger partial charge in [-0.2, -0.15) is 18.3 Å². The molecule has 1 heterocycles. The quantitative estimate of drug-likeness (QED) is 0.575. The van der Waals surface area contributed by atoms with Crippen molar-refractivity contribution in [2.45, 2.75) is 24.0 Å². The highest BCUT2D eigenvalue weighted by molar-refractivity contribution is 7.89. The average Bonchev–Trinajstić information content (AvgIpc) is 2.72. The SMILES string of the molecule is O=c1ccc(-c2ccccc2)nn1CCCNS(=O)(=O)c1ccc(C(F)(F)F)cc1. The number of nitrogens with one attached hydrogen (secondary N) is 1. The minimum absolute atomic E-state index is 0.00690. The van der Waals surface area contributed by atoms with Crippen LogP contribution >= 0.6 is 0 Å². The maximum Gasteiger partial charge on any atom is 0.416 e. The molecule has 1 N–H and O–H groups in total. The van der Waals surface area contributed by atoms with E-state index in [1.165, 1.54) is 10.7 Å². The summed E-state index contributed by atoms with van der Waals surface area (Å²) < 4.78 is 65.8. The lowest BCUT2D eigenvalue weighted by Gasteiger charge is -2.10. The van der Waals surface area contributed by atoms with Gasteiger partial charge >= 0.3 is 6.18 Å². The van der Waals surface area contributed by atoms with Crippen LogP contribution < -0.4 is 10.3 Å². The normalized spacial score (nSPS) is 12.1. The smallest absolute Gasteiger partial charge is 0.268 e. The topological polar surface area (TPSA) is 81.1 Å². The molecule has 0 amide bonds. The summed E-state index contributed by atoms with van der Waals surface area (Å²) in [6.45, 7) is 0.169. The van der Waals surface area contributed by atoms with E-state index in [1.54, 1.807) is 6.07 Å². The summed E-state index contributed by atoms with van der Waals surface area (Å²) in [6, 6.07) is 15.5. The zero-order valence-corrected chi connectivity index (χ0v) is 16.4. The maximum atomic E-state index is 12.6. The van der Waals surface area contributed by atoms with Crippen molar-refractivity contribution in [3.05, 3.63) is 82.6 Å². The summed E-state index contributed by atoms with van der Waals surface area (Å²) in [5.41, 5.74) is 0.209. The molecule has 3 rings (SSSR count). The number of sulfonamides is 1. The molecule has 30 heavy (non-hydrogen) atoms. The van der Waals surface area contributed by atoms with Gasteiger partial charge in [-0.25, -0.2) is 17.8 Å². The first-order chi connectivity index (χ1) is 14.2. The fourth-order valence-corrected chi connectivity index (χ4v) is 3.79. The highest BCUT2D eigenvalue weighted by Gasteiger charge is 2.30. The van der Waals surface area contributed by atoms with Gasteiger partial charge in [0.05, 0.1) is 16.2 Å². The highest BCUT2D eigenvalue weighted by atomic mass is 32.2. The predicted molar refractivity (Wildman–Crippen MR) is 105 cm³/mol. The summed E-state index contributed by atoms with van der Waals surface area (Å²) >= 11 is 0. The van der Waals surface area contributed by atoms with Crippen molar-refractivity contribution in [2.24, 2.45) is 0 Å². The van der Waals surface area contributed by atoms with Gasteiger partial charge in [-0.15, -0.1) is 0 Å². The van der Waals surface area contributed by atoms with Gasteiger partial charge in [-0.3, -0.25) is 4.79 Å². The Morgan fingerprint density at radius 3 is 2.23 bits per heavy atom. The number of rotatable bonds is 7. The van der Waals surface area contributed by atoms with E-state index in [4.69, 9.17) is 0 Å². The molecule has 3 aromatic rings. The van der Waals surface area contributed by atoms with Crippen molar-refractivity contribution in [3.63, 3.8) is 0 Å². The molecule has 0 unspecified atom stereocenters. The van der Waals surface area contributed by atoms with Crippen molar-refractivity contribution < 1.29 is 21.6 Å². The van der Waals surface area contributed by atoms with E-state index < -0.39 is 21.8 Å². The first-order valence-corrected chi connectivity index (χ1v) is 10.5. The van der Waals surface area contributed by atoms with Crippen molar-refractivity contribution >= 4 is 10.0 Å². The summed E-state index contributed by atoms with van der Waals surface area (Å²) in [5, 5.41) is 4.29. The van der Waals surface area contributed by atoms with Gasteiger partial charge in [-0.1, -0.05) is 30.3 Å². The molecule has 1 aromatic heterocycles. The fraction of sp³-hybridized carbons (Fsp3) is 0.200. The van der Waals surface area contributed by atoms with Gasteiger partial charge in [0.25, 0.3) is 5.56 Å². The monoisotopic (exact) mass is 437 g/mol. The van der Waals surface area contributed by atoms with Crippen molar-refractivity contribution in [1.29, 1.82) is 0 Å². The zero-order valence-electron chi connectivity index (χ0n) is 15.6. The molecule has 0 bridgehead atoms. The Kier molecular flexibility index (Phi) is 6.37. The Hall–Kier alpha value is -2.98. The number of nitrogens with zero attached hydrogens (tertiary/aromatic N) is 2. The van der Waals surface area contributed by atoms with Crippen LogP contribution in [0, 0.1) is 0 Å². The predicted octanol–water partition coefficient (Wildman–Crippen LogP) is 3.30. The first kappa shape index (κ1) is 21.7. The van der Waals surface area contributed by atoms with Crippen molar-refractivity contribution in [1.82, 2.24) is 14.5 Å². The number of alkyl halides is 3. The molecule has 0 radical (unpaired) electrons. The summed E-state index contributed by atoms with van der Waals surface area (Å²) in [4.78, 5) is 11.7. The Labute approximate surface area is 171 Å². The Balaban J connectivity index is 1.61. The third kappa shape index (κ3) is 5.33. The van der Waals surface area contributed by atoms with Crippen molar-refractivity contribution in [3.8, 4) is 11.3 Å². The highest BCUT2D eigenvalue weighted by Crippen LogP contribution is 2.29. The third-order valence-corrected chi connectivity index (χ3v) is 5.74.